The molecule has 1 aliphatic rings. The zero-order valence-corrected chi connectivity index (χ0v) is 25.3. The van der Waals surface area contributed by atoms with E-state index in [1.165, 1.54) is 0 Å². The number of aliphatic hydroxyl groups is 1. The number of aromatic nitrogens is 5. The number of hydrogen-bond donors (Lipinski definition) is 3. The second-order valence-corrected chi connectivity index (χ2v) is 12.7. The Labute approximate surface area is 244 Å². The molecule has 3 aromatic rings. The van der Waals surface area contributed by atoms with E-state index in [0.717, 1.165) is 24.3 Å². The van der Waals surface area contributed by atoms with Crippen molar-refractivity contribution >= 4 is 34.7 Å². The van der Waals surface area contributed by atoms with Crippen molar-refractivity contribution in [2.75, 3.05) is 23.8 Å². The lowest BCUT2D eigenvalue weighted by atomic mass is 9.91. The average molecular weight is 586 g/mol. The van der Waals surface area contributed by atoms with Gasteiger partial charge in [-0.15, -0.1) is 0 Å². The number of imidazole rings is 1. The number of nitrogens with two attached hydrogens (primary N) is 1. The second-order valence-electron chi connectivity index (χ2n) is 11.5. The number of amides is 1. The highest BCUT2D eigenvalue weighted by Crippen LogP contribution is 2.34. The predicted molar refractivity (Wildman–Crippen MR) is 157 cm³/mol. The van der Waals surface area contributed by atoms with Gasteiger partial charge >= 0.3 is 6.09 Å². The summed E-state index contributed by atoms with van der Waals surface area (Å²) in [5.74, 6) is 9.25. The molecule has 1 atom stereocenters. The summed E-state index contributed by atoms with van der Waals surface area (Å²) >= 11 is 1.93. The molecule has 1 saturated heterocycles. The number of pyridine rings is 1. The van der Waals surface area contributed by atoms with Crippen molar-refractivity contribution in [3.63, 3.8) is 0 Å². The summed E-state index contributed by atoms with van der Waals surface area (Å²) in [7, 11) is 0. The number of carbonyl (C=O) groups is 1. The molecule has 1 unspecified atom stereocenters. The fourth-order valence-electron chi connectivity index (χ4n) is 4.66. The summed E-state index contributed by atoms with van der Waals surface area (Å²) in [5, 5.41) is 20.9. The van der Waals surface area contributed by atoms with Crippen LogP contribution in [0.1, 0.15) is 66.5 Å². The van der Waals surface area contributed by atoms with Crippen LogP contribution in [0.4, 0.5) is 10.6 Å². The first-order valence-corrected chi connectivity index (χ1v) is 14.9. The largest absolute Gasteiger partial charge is 0.490 e. The molecule has 0 aliphatic carbocycles. The number of nitrogen functional groups attached to an aromatic ring is 1. The monoisotopic (exact) mass is 585 g/mol. The summed E-state index contributed by atoms with van der Waals surface area (Å²) in [6, 6.07) is -0.0984. The van der Waals surface area contributed by atoms with Crippen LogP contribution in [0, 0.1) is 17.8 Å². The highest BCUT2D eigenvalue weighted by atomic mass is 32.2. The average Bonchev–Trinajstić information content (AvgIpc) is 3.49. The molecular formula is C28H39N7O5S. The number of nitrogens with zero attached hydrogens (tertiary/aromatic N) is 5. The molecule has 0 radical (unpaired) electrons. The summed E-state index contributed by atoms with van der Waals surface area (Å²) in [5.41, 5.74) is 6.01. The maximum absolute atomic E-state index is 12.7. The van der Waals surface area contributed by atoms with Gasteiger partial charge in [0.2, 0.25) is 0 Å². The molecule has 4 rings (SSSR count). The van der Waals surface area contributed by atoms with E-state index in [4.69, 9.17) is 24.8 Å². The summed E-state index contributed by atoms with van der Waals surface area (Å²) in [4.78, 5) is 21.9. The Hall–Kier alpha value is -3.50. The molecule has 4 heterocycles. The Morgan fingerprint density at radius 3 is 2.63 bits per heavy atom. The van der Waals surface area contributed by atoms with Crippen molar-refractivity contribution in [3.05, 3.63) is 11.9 Å². The Kier molecular flexibility index (Phi) is 9.34. The van der Waals surface area contributed by atoms with Gasteiger partial charge in [-0.25, -0.2) is 19.4 Å². The van der Waals surface area contributed by atoms with Crippen LogP contribution in [0.15, 0.2) is 10.8 Å². The molecule has 0 saturated carbocycles. The minimum atomic E-state index is -1.21. The van der Waals surface area contributed by atoms with Gasteiger partial charge in [0, 0.05) is 19.0 Å². The summed E-state index contributed by atoms with van der Waals surface area (Å²) in [6.07, 6.45) is 3.80. The number of rotatable bonds is 8. The lowest BCUT2D eigenvalue weighted by Crippen LogP contribution is -2.44. The Bertz CT molecular complexity index is 1420. The molecule has 1 amide bonds. The fraction of sp³-hybridized carbons (Fsp3) is 0.607. The van der Waals surface area contributed by atoms with Crippen molar-refractivity contribution in [1.82, 2.24) is 30.2 Å². The topological polar surface area (TPSA) is 163 Å². The minimum Gasteiger partial charge on any atom is -0.490 e. The zero-order valence-electron chi connectivity index (χ0n) is 24.5. The maximum atomic E-state index is 12.7. The molecule has 0 spiro atoms. The molecule has 4 N–H and O–H groups in total. The molecule has 0 bridgehead atoms. The van der Waals surface area contributed by atoms with E-state index in [1.807, 2.05) is 44.0 Å². The number of ether oxygens (including phenoxy) is 2. The minimum absolute atomic E-state index is 0.0984. The van der Waals surface area contributed by atoms with Crippen LogP contribution >= 0.6 is 11.8 Å². The maximum Gasteiger partial charge on any atom is 0.407 e. The number of carbonyl (C=O) groups excluding carboxylic acids is 1. The van der Waals surface area contributed by atoms with Gasteiger partial charge in [0.1, 0.15) is 27.9 Å². The second kappa shape index (κ2) is 12.6. The summed E-state index contributed by atoms with van der Waals surface area (Å²) < 4.78 is 18.6. The predicted octanol–water partition coefficient (Wildman–Crippen LogP) is 4.01. The van der Waals surface area contributed by atoms with Crippen molar-refractivity contribution in [3.8, 4) is 29.1 Å². The fourth-order valence-corrected chi connectivity index (χ4v) is 5.80. The third-order valence-electron chi connectivity index (χ3n) is 6.49. The van der Waals surface area contributed by atoms with Crippen LogP contribution in [-0.4, -0.2) is 71.4 Å². The first-order valence-electron chi connectivity index (χ1n) is 13.8. The number of alkyl carbamates (subject to hydrolysis) is 1. The standard InChI is InChI=1S/C28H39N7O5S/c1-7-35-23-20(38-13-9-18(17-10-14-41-15-11-17)31-26(36)39-27(2,3)4)16-30-19(8-12-28(5,6)37)21(23)32-25(35)22-24(29)34-40-33-22/h16-18,37H,7,9-11,13-15H2,1-6H3,(H2,29,34)(H,31,36). The lowest BCUT2D eigenvalue weighted by Gasteiger charge is -2.31. The van der Waals surface area contributed by atoms with Crippen LogP contribution in [0.2, 0.25) is 0 Å². The normalized spacial score (nSPS) is 15.3. The van der Waals surface area contributed by atoms with E-state index in [1.54, 1.807) is 20.0 Å². The van der Waals surface area contributed by atoms with Crippen LogP contribution < -0.4 is 15.8 Å². The zero-order chi connectivity index (χ0) is 29.8. The molecule has 1 fully saturated rings. The number of hydrogen-bond acceptors (Lipinski definition) is 11. The highest BCUT2D eigenvalue weighted by molar-refractivity contribution is 7.99. The molecule has 222 valence electrons. The molecule has 13 heteroatoms. The van der Waals surface area contributed by atoms with Crippen LogP contribution in [0.25, 0.3) is 22.6 Å². The quantitative estimate of drug-likeness (QED) is 0.327. The van der Waals surface area contributed by atoms with Crippen molar-refractivity contribution < 1.29 is 24.0 Å². The summed E-state index contributed by atoms with van der Waals surface area (Å²) in [6.45, 7) is 11.5. The Morgan fingerprint density at radius 2 is 2.02 bits per heavy atom. The van der Waals surface area contributed by atoms with Gasteiger partial charge in [0.05, 0.1) is 12.8 Å². The van der Waals surface area contributed by atoms with Gasteiger partial charge in [0.25, 0.3) is 0 Å². The molecule has 3 aromatic heterocycles. The molecular weight excluding hydrogens is 546 g/mol. The van der Waals surface area contributed by atoms with E-state index in [9.17, 15) is 9.90 Å². The van der Waals surface area contributed by atoms with E-state index in [-0.39, 0.29) is 11.9 Å². The number of thioether (sulfide) groups is 1. The van der Waals surface area contributed by atoms with Crippen molar-refractivity contribution in [1.29, 1.82) is 0 Å². The van der Waals surface area contributed by atoms with Crippen molar-refractivity contribution in [2.45, 2.75) is 84.6 Å². The van der Waals surface area contributed by atoms with Gasteiger partial charge < -0.3 is 30.2 Å². The third kappa shape index (κ3) is 7.83. The Morgan fingerprint density at radius 1 is 1.29 bits per heavy atom. The molecule has 1 aliphatic heterocycles. The van der Waals surface area contributed by atoms with Gasteiger partial charge in [-0.1, -0.05) is 5.92 Å². The SMILES string of the molecule is CCn1c(-c2nonc2N)nc2c(C#CC(C)(C)O)ncc(OCCC(NC(=O)OC(C)(C)C)C3CCSCC3)c21. The Balaban J connectivity index is 1.65. The first kappa shape index (κ1) is 30.5. The number of nitrogens with one attached hydrogen (secondary N) is 1. The van der Waals surface area contributed by atoms with E-state index in [2.05, 4.69) is 32.5 Å². The number of fused-ring (bicyclic) bond motifs is 1. The molecule has 0 aromatic carbocycles. The van der Waals surface area contributed by atoms with Gasteiger partial charge in [0.15, 0.2) is 23.1 Å². The van der Waals surface area contributed by atoms with Gasteiger partial charge in [-0.05, 0) is 88.0 Å². The van der Waals surface area contributed by atoms with E-state index >= 15 is 0 Å². The molecule has 41 heavy (non-hydrogen) atoms. The highest BCUT2D eigenvalue weighted by Gasteiger charge is 2.28. The van der Waals surface area contributed by atoms with E-state index < -0.39 is 17.3 Å². The van der Waals surface area contributed by atoms with Crippen molar-refractivity contribution in [2.24, 2.45) is 5.92 Å². The van der Waals surface area contributed by atoms with Crippen LogP contribution in [-0.2, 0) is 11.3 Å². The third-order valence-corrected chi connectivity index (χ3v) is 7.54. The molecule has 12 nitrogen and oxygen atoms in total. The number of aryl methyl sites for hydroxylation is 1. The lowest BCUT2D eigenvalue weighted by molar-refractivity contribution is 0.0474. The van der Waals surface area contributed by atoms with Gasteiger partial charge in [-0.3, -0.25) is 0 Å². The smallest absolute Gasteiger partial charge is 0.407 e. The first-order chi connectivity index (χ1) is 19.4. The van der Waals surface area contributed by atoms with Crippen LogP contribution in [0.5, 0.6) is 5.75 Å². The number of anilines is 1. The van der Waals surface area contributed by atoms with E-state index in [0.29, 0.717) is 59.5 Å². The van der Waals surface area contributed by atoms with Crippen LogP contribution in [0.3, 0.4) is 0 Å². The van der Waals surface area contributed by atoms with Gasteiger partial charge in [-0.2, -0.15) is 11.8 Å².